The van der Waals surface area contributed by atoms with E-state index in [-0.39, 0.29) is 5.54 Å². The van der Waals surface area contributed by atoms with Crippen LogP contribution >= 0.6 is 0 Å². The van der Waals surface area contributed by atoms with Crippen molar-refractivity contribution >= 4 is 10.9 Å². The first-order chi connectivity index (χ1) is 7.37. The van der Waals surface area contributed by atoms with Gasteiger partial charge in [-0.05, 0) is 56.9 Å². The number of fused-ring (bicyclic) bond motifs is 1. The highest BCUT2D eigenvalue weighted by atomic mass is 14.7. The summed E-state index contributed by atoms with van der Waals surface area (Å²) in [4.78, 5) is 3.34. The molecule has 0 bridgehead atoms. The van der Waals surface area contributed by atoms with Gasteiger partial charge in [-0.15, -0.1) is 0 Å². The van der Waals surface area contributed by atoms with Gasteiger partial charge < -0.3 is 10.7 Å². The van der Waals surface area contributed by atoms with Crippen molar-refractivity contribution in [2.24, 2.45) is 5.73 Å². The Labute approximate surface area is 96.9 Å². The van der Waals surface area contributed by atoms with Gasteiger partial charge in [0.2, 0.25) is 0 Å². The first kappa shape index (κ1) is 11.2. The fraction of sp³-hybridized carbons (Fsp3) is 0.429. The van der Waals surface area contributed by atoms with Gasteiger partial charge in [-0.3, -0.25) is 0 Å². The maximum atomic E-state index is 6.08. The Bertz CT molecular complexity index is 515. The number of hydrogen-bond acceptors (Lipinski definition) is 1. The van der Waals surface area contributed by atoms with Crippen LogP contribution in [0.3, 0.4) is 0 Å². The van der Waals surface area contributed by atoms with E-state index in [1.807, 2.05) is 0 Å². The van der Waals surface area contributed by atoms with Crippen LogP contribution in [-0.2, 0) is 6.42 Å². The molecule has 86 valence electrons. The number of nitrogens with two attached hydrogens (primary N) is 1. The summed E-state index contributed by atoms with van der Waals surface area (Å²) in [5.41, 5.74) is 11.1. The number of hydrogen-bond donors (Lipinski definition) is 2. The van der Waals surface area contributed by atoms with Crippen LogP contribution in [0.4, 0.5) is 0 Å². The second-order valence-electron chi connectivity index (χ2n) is 5.48. The zero-order chi connectivity index (χ0) is 11.9. The minimum atomic E-state index is -0.160. The van der Waals surface area contributed by atoms with Crippen LogP contribution in [0.25, 0.3) is 10.9 Å². The Morgan fingerprint density at radius 1 is 1.25 bits per heavy atom. The van der Waals surface area contributed by atoms with Gasteiger partial charge in [0, 0.05) is 22.6 Å². The highest BCUT2D eigenvalue weighted by Gasteiger charge is 2.15. The maximum absolute atomic E-state index is 6.08. The molecule has 0 aliphatic heterocycles. The third-order valence-electron chi connectivity index (χ3n) is 2.85. The number of benzene rings is 1. The summed E-state index contributed by atoms with van der Waals surface area (Å²) < 4.78 is 0. The van der Waals surface area contributed by atoms with E-state index in [9.17, 15) is 0 Å². The van der Waals surface area contributed by atoms with Crippen molar-refractivity contribution in [1.82, 2.24) is 4.98 Å². The highest BCUT2D eigenvalue weighted by molar-refractivity contribution is 5.87. The number of nitrogens with one attached hydrogen (secondary N) is 1. The van der Waals surface area contributed by atoms with Gasteiger partial charge in [0.25, 0.3) is 0 Å². The fourth-order valence-corrected chi connectivity index (χ4v) is 2.37. The maximum Gasteiger partial charge on any atom is 0.0462 e. The lowest BCUT2D eigenvalue weighted by Crippen LogP contribution is -2.34. The molecule has 16 heavy (non-hydrogen) atoms. The van der Waals surface area contributed by atoms with Crippen molar-refractivity contribution in [1.29, 1.82) is 0 Å². The highest BCUT2D eigenvalue weighted by Crippen LogP contribution is 2.26. The second kappa shape index (κ2) is 3.63. The molecule has 0 saturated heterocycles. The Morgan fingerprint density at radius 2 is 1.94 bits per heavy atom. The van der Waals surface area contributed by atoms with E-state index >= 15 is 0 Å². The van der Waals surface area contributed by atoms with Crippen molar-refractivity contribution in [2.75, 3.05) is 0 Å². The summed E-state index contributed by atoms with van der Waals surface area (Å²) in [6.07, 6.45) is 2.99. The van der Waals surface area contributed by atoms with Crippen LogP contribution in [0.1, 0.15) is 30.5 Å². The van der Waals surface area contributed by atoms with E-state index in [0.717, 1.165) is 6.42 Å². The third-order valence-corrected chi connectivity index (χ3v) is 2.85. The van der Waals surface area contributed by atoms with Crippen molar-refractivity contribution in [3.63, 3.8) is 0 Å². The van der Waals surface area contributed by atoms with Crippen molar-refractivity contribution in [2.45, 2.75) is 39.7 Å². The normalized spacial score (nSPS) is 12.3. The van der Waals surface area contributed by atoms with Gasteiger partial charge in [-0.2, -0.15) is 0 Å². The van der Waals surface area contributed by atoms with E-state index in [0.29, 0.717) is 0 Å². The summed E-state index contributed by atoms with van der Waals surface area (Å²) in [5, 5.41) is 1.34. The molecule has 1 aromatic heterocycles. The quantitative estimate of drug-likeness (QED) is 0.796. The van der Waals surface area contributed by atoms with Crippen LogP contribution in [-0.4, -0.2) is 10.5 Å². The number of H-pyrrole nitrogens is 1. The lowest BCUT2D eigenvalue weighted by molar-refractivity contribution is 0.518. The summed E-state index contributed by atoms with van der Waals surface area (Å²) in [6.45, 7) is 8.42. The second-order valence-corrected chi connectivity index (χ2v) is 5.48. The van der Waals surface area contributed by atoms with Crippen LogP contribution < -0.4 is 5.73 Å². The summed E-state index contributed by atoms with van der Waals surface area (Å²) in [5.74, 6) is 0. The first-order valence-electron chi connectivity index (χ1n) is 5.73. The molecule has 0 saturated carbocycles. The Kier molecular flexibility index (Phi) is 2.55. The van der Waals surface area contributed by atoms with Gasteiger partial charge in [0.15, 0.2) is 0 Å². The lowest BCUT2D eigenvalue weighted by Gasteiger charge is -2.18. The molecule has 0 aliphatic carbocycles. The van der Waals surface area contributed by atoms with Crippen molar-refractivity contribution in [3.8, 4) is 0 Å². The molecule has 1 heterocycles. The van der Waals surface area contributed by atoms with Gasteiger partial charge >= 0.3 is 0 Å². The first-order valence-corrected chi connectivity index (χ1v) is 5.73. The predicted molar refractivity (Wildman–Crippen MR) is 69.7 cm³/mol. The van der Waals surface area contributed by atoms with E-state index in [1.165, 1.54) is 27.6 Å². The molecule has 2 heteroatoms. The van der Waals surface area contributed by atoms with Gasteiger partial charge in [-0.1, -0.05) is 6.07 Å². The summed E-state index contributed by atoms with van der Waals surface area (Å²) >= 11 is 0. The zero-order valence-electron chi connectivity index (χ0n) is 10.5. The molecule has 0 fully saturated rings. The minimum Gasteiger partial charge on any atom is -0.361 e. The molecule has 2 aromatic rings. The zero-order valence-corrected chi connectivity index (χ0v) is 10.5. The van der Waals surface area contributed by atoms with Gasteiger partial charge in [0.1, 0.15) is 0 Å². The van der Waals surface area contributed by atoms with Gasteiger partial charge in [0.05, 0.1) is 0 Å². The molecule has 0 spiro atoms. The monoisotopic (exact) mass is 216 g/mol. The minimum absolute atomic E-state index is 0.160. The van der Waals surface area contributed by atoms with Crippen molar-refractivity contribution in [3.05, 3.63) is 35.0 Å². The van der Waals surface area contributed by atoms with E-state index in [2.05, 4.69) is 51.0 Å². The molecule has 2 rings (SSSR count). The van der Waals surface area contributed by atoms with Crippen LogP contribution in [0.15, 0.2) is 18.3 Å². The molecule has 0 amide bonds. The van der Waals surface area contributed by atoms with Crippen molar-refractivity contribution < 1.29 is 0 Å². The molecule has 2 nitrogen and oxygen atoms in total. The Morgan fingerprint density at radius 3 is 2.56 bits per heavy atom. The molecule has 3 N–H and O–H groups in total. The topological polar surface area (TPSA) is 41.8 Å². The number of aromatic amines is 1. The number of aryl methyl sites for hydroxylation is 2. The largest absolute Gasteiger partial charge is 0.361 e. The smallest absolute Gasteiger partial charge is 0.0462 e. The van der Waals surface area contributed by atoms with Crippen LogP contribution in [0.2, 0.25) is 0 Å². The molecular formula is C14H20N2. The fourth-order valence-electron chi connectivity index (χ4n) is 2.37. The standard InChI is InChI=1S/C14H20N2/c1-9-5-10(2)13-11(7-14(3,4)15)8-16-12(13)6-9/h5-6,8,16H,7,15H2,1-4H3. The van der Waals surface area contributed by atoms with E-state index in [4.69, 9.17) is 5.73 Å². The molecule has 0 radical (unpaired) electrons. The SMILES string of the molecule is Cc1cc(C)c2c(CC(C)(C)N)c[nH]c2c1. The van der Waals surface area contributed by atoms with E-state index in [1.54, 1.807) is 0 Å². The summed E-state index contributed by atoms with van der Waals surface area (Å²) in [7, 11) is 0. The van der Waals surface area contributed by atoms with Crippen LogP contribution in [0.5, 0.6) is 0 Å². The molecule has 1 aromatic carbocycles. The number of rotatable bonds is 2. The average Bonchev–Trinajstić information content (AvgIpc) is 2.44. The molecular weight excluding hydrogens is 196 g/mol. The molecule has 0 aliphatic rings. The average molecular weight is 216 g/mol. The summed E-state index contributed by atoms with van der Waals surface area (Å²) in [6, 6.07) is 4.42. The Hall–Kier alpha value is -1.28. The lowest BCUT2D eigenvalue weighted by atomic mass is 9.94. The Balaban J connectivity index is 2.56. The number of aromatic nitrogens is 1. The molecule has 0 atom stereocenters. The van der Waals surface area contributed by atoms with E-state index < -0.39 is 0 Å². The molecule has 0 unspecified atom stereocenters. The van der Waals surface area contributed by atoms with Gasteiger partial charge in [-0.25, -0.2) is 0 Å². The van der Waals surface area contributed by atoms with Crippen LogP contribution in [0, 0.1) is 13.8 Å². The predicted octanol–water partition coefficient (Wildman–Crippen LogP) is 3.06. The third kappa shape index (κ3) is 2.12.